The second kappa shape index (κ2) is 1.62. The van der Waals surface area contributed by atoms with E-state index in [0.717, 1.165) is 0 Å². The van der Waals surface area contributed by atoms with Gasteiger partial charge in [0, 0.05) is 0 Å². The summed E-state index contributed by atoms with van der Waals surface area (Å²) in [4.78, 5) is 0. The van der Waals surface area contributed by atoms with Crippen molar-refractivity contribution < 1.29 is 0 Å². The summed E-state index contributed by atoms with van der Waals surface area (Å²) < 4.78 is 0. The summed E-state index contributed by atoms with van der Waals surface area (Å²) in [5, 5.41) is 0. The number of rotatable bonds is 0. The van der Waals surface area contributed by atoms with E-state index in [-0.39, 0.29) is 0 Å². The lowest BCUT2D eigenvalue weighted by molar-refractivity contribution is 0.0351. The van der Waals surface area contributed by atoms with E-state index in [1.54, 1.807) is 25.7 Å². The van der Waals surface area contributed by atoms with Crippen molar-refractivity contribution in [1.29, 1.82) is 0 Å². The Morgan fingerprint density at radius 1 is 0.429 bits per heavy atom. The smallest absolute Gasteiger partial charge is 0.0315 e. The van der Waals surface area contributed by atoms with Crippen LogP contribution in [0.2, 0.25) is 0 Å². The molecule has 0 aromatic heterocycles. The standard InChI is InChI=1S/C14H18/c1-5-2-7-6(1)8(3-5)12-9-4-10-13(11(7)9)14(10)12/h5-14H,1-4H2. The summed E-state index contributed by atoms with van der Waals surface area (Å²) in [5.74, 6) is 12.6. The van der Waals surface area contributed by atoms with Crippen LogP contribution in [0.1, 0.15) is 25.7 Å². The highest BCUT2D eigenvalue weighted by atomic mass is 14.8. The average molecular weight is 186 g/mol. The fourth-order valence-corrected chi connectivity index (χ4v) is 7.83. The Morgan fingerprint density at radius 3 is 1.57 bits per heavy atom. The topological polar surface area (TPSA) is 0 Å². The lowest BCUT2D eigenvalue weighted by Gasteiger charge is -2.44. The van der Waals surface area contributed by atoms with E-state index in [4.69, 9.17) is 0 Å². The summed E-state index contributed by atoms with van der Waals surface area (Å²) in [5.41, 5.74) is 0. The first-order valence-electron chi connectivity index (χ1n) is 6.93. The van der Waals surface area contributed by atoms with Gasteiger partial charge >= 0.3 is 0 Å². The zero-order valence-corrected chi connectivity index (χ0v) is 8.60. The van der Waals surface area contributed by atoms with Gasteiger partial charge in [0.15, 0.2) is 0 Å². The Kier molecular flexibility index (Phi) is 0.758. The Morgan fingerprint density at radius 2 is 1.00 bits per heavy atom. The van der Waals surface area contributed by atoms with Gasteiger partial charge in [0.1, 0.15) is 0 Å². The lowest BCUT2D eigenvalue weighted by atomic mass is 9.60. The first-order valence-corrected chi connectivity index (χ1v) is 6.93. The highest BCUT2D eigenvalue weighted by Crippen LogP contribution is 2.85. The molecule has 14 heavy (non-hydrogen) atoms. The van der Waals surface area contributed by atoms with Gasteiger partial charge in [-0.25, -0.2) is 0 Å². The van der Waals surface area contributed by atoms with E-state index in [1.165, 1.54) is 59.2 Å². The predicted octanol–water partition coefficient (Wildman–Crippen LogP) is 2.79. The second-order valence-electron chi connectivity index (χ2n) is 7.44. The molecule has 0 aromatic rings. The maximum absolute atomic E-state index is 1.69. The quantitative estimate of drug-likeness (QED) is 0.545. The van der Waals surface area contributed by atoms with Gasteiger partial charge in [-0.3, -0.25) is 0 Å². The highest BCUT2D eigenvalue weighted by molar-refractivity contribution is 5.27. The molecule has 7 aliphatic rings. The van der Waals surface area contributed by atoms with E-state index in [2.05, 4.69) is 0 Å². The van der Waals surface area contributed by atoms with Crippen LogP contribution in [0.3, 0.4) is 0 Å². The van der Waals surface area contributed by atoms with Crippen LogP contribution in [0.25, 0.3) is 0 Å². The van der Waals surface area contributed by atoms with Crippen molar-refractivity contribution in [3.8, 4) is 0 Å². The molecule has 0 saturated heterocycles. The monoisotopic (exact) mass is 186 g/mol. The molecule has 7 saturated carbocycles. The Balaban J connectivity index is 1.62. The van der Waals surface area contributed by atoms with Crippen LogP contribution in [0.5, 0.6) is 0 Å². The normalized spacial score (nSPS) is 84.0. The third-order valence-corrected chi connectivity index (χ3v) is 7.62. The van der Waals surface area contributed by atoms with Crippen LogP contribution in [0.4, 0.5) is 0 Å². The molecule has 6 atom stereocenters. The summed E-state index contributed by atoms with van der Waals surface area (Å²) in [6.07, 6.45) is 6.70. The number of fused-ring (bicyclic) bond motifs is 1. The molecule has 7 rings (SSSR count). The van der Waals surface area contributed by atoms with Crippen LogP contribution in [-0.2, 0) is 0 Å². The predicted molar refractivity (Wildman–Crippen MR) is 53.4 cm³/mol. The molecule has 8 bridgehead atoms. The molecule has 0 aromatic carbocycles. The number of hydrogen-bond donors (Lipinski definition) is 0. The zero-order valence-electron chi connectivity index (χ0n) is 8.60. The molecule has 0 spiro atoms. The molecule has 0 heteroatoms. The molecule has 7 fully saturated rings. The maximum atomic E-state index is 1.69. The lowest BCUT2D eigenvalue weighted by Crippen LogP contribution is -2.39. The van der Waals surface area contributed by atoms with Gasteiger partial charge in [-0.2, -0.15) is 0 Å². The van der Waals surface area contributed by atoms with E-state index < -0.39 is 0 Å². The van der Waals surface area contributed by atoms with Crippen molar-refractivity contribution in [3.63, 3.8) is 0 Å². The van der Waals surface area contributed by atoms with Gasteiger partial charge < -0.3 is 0 Å². The summed E-state index contributed by atoms with van der Waals surface area (Å²) in [6, 6.07) is 0. The minimum atomic E-state index is 1.20. The minimum Gasteiger partial charge on any atom is -0.0470 e. The molecule has 0 heterocycles. The number of hydrogen-bond acceptors (Lipinski definition) is 0. The first kappa shape index (κ1) is 6.55. The van der Waals surface area contributed by atoms with Gasteiger partial charge in [0.2, 0.25) is 0 Å². The molecule has 0 N–H and O–H groups in total. The SMILES string of the molecule is C1C2CC3C1C(C2)C1C2CC4C(C32)C41. The van der Waals surface area contributed by atoms with Gasteiger partial charge in [-0.15, -0.1) is 0 Å². The summed E-state index contributed by atoms with van der Waals surface area (Å²) >= 11 is 0. The molecule has 74 valence electrons. The molecule has 6 unspecified atom stereocenters. The fourth-order valence-electron chi connectivity index (χ4n) is 7.83. The van der Waals surface area contributed by atoms with Crippen molar-refractivity contribution in [2.24, 2.45) is 59.2 Å². The van der Waals surface area contributed by atoms with E-state index in [0.29, 0.717) is 0 Å². The summed E-state index contributed by atoms with van der Waals surface area (Å²) in [7, 11) is 0. The molecule has 7 aliphatic carbocycles. The fraction of sp³-hybridized carbons (Fsp3) is 1.00. The van der Waals surface area contributed by atoms with E-state index >= 15 is 0 Å². The Hall–Kier alpha value is 0. The van der Waals surface area contributed by atoms with Gasteiger partial charge in [0.05, 0.1) is 0 Å². The van der Waals surface area contributed by atoms with Crippen molar-refractivity contribution in [2.45, 2.75) is 25.7 Å². The third-order valence-electron chi connectivity index (χ3n) is 7.62. The first-order chi connectivity index (χ1) is 6.93. The molecular formula is C14H18. The highest BCUT2D eigenvalue weighted by Gasteiger charge is 2.80. The second-order valence-corrected chi connectivity index (χ2v) is 7.44. The van der Waals surface area contributed by atoms with Crippen LogP contribution in [-0.4, -0.2) is 0 Å². The van der Waals surface area contributed by atoms with E-state index in [1.807, 2.05) is 0 Å². The largest absolute Gasteiger partial charge is 0.0470 e. The third kappa shape index (κ3) is 0.432. The molecule has 0 radical (unpaired) electrons. The Labute approximate surface area is 85.4 Å². The average Bonchev–Trinajstić information content (AvgIpc) is 2.77. The molecular weight excluding hydrogens is 168 g/mol. The summed E-state index contributed by atoms with van der Waals surface area (Å²) in [6.45, 7) is 0. The zero-order chi connectivity index (χ0) is 8.60. The van der Waals surface area contributed by atoms with Crippen LogP contribution in [0, 0.1) is 59.2 Å². The Bertz CT molecular complexity index is 316. The van der Waals surface area contributed by atoms with Crippen molar-refractivity contribution >= 4 is 0 Å². The minimum absolute atomic E-state index is 1.20. The van der Waals surface area contributed by atoms with E-state index in [9.17, 15) is 0 Å². The molecule has 0 nitrogen and oxygen atoms in total. The van der Waals surface area contributed by atoms with Crippen LogP contribution >= 0.6 is 0 Å². The van der Waals surface area contributed by atoms with Crippen molar-refractivity contribution in [3.05, 3.63) is 0 Å². The molecule has 0 amide bonds. The van der Waals surface area contributed by atoms with Crippen LogP contribution < -0.4 is 0 Å². The maximum Gasteiger partial charge on any atom is -0.0315 e. The van der Waals surface area contributed by atoms with Gasteiger partial charge in [-0.05, 0) is 84.9 Å². The van der Waals surface area contributed by atoms with Gasteiger partial charge in [0.25, 0.3) is 0 Å². The van der Waals surface area contributed by atoms with Crippen molar-refractivity contribution in [2.75, 3.05) is 0 Å². The van der Waals surface area contributed by atoms with Gasteiger partial charge in [-0.1, -0.05) is 0 Å². The van der Waals surface area contributed by atoms with Crippen LogP contribution in [0.15, 0.2) is 0 Å². The van der Waals surface area contributed by atoms with Crippen molar-refractivity contribution in [1.82, 2.24) is 0 Å². The molecule has 0 aliphatic heterocycles.